The van der Waals surface area contributed by atoms with Crippen LogP contribution in [-0.2, 0) is 6.42 Å². The van der Waals surface area contributed by atoms with Gasteiger partial charge in [-0.25, -0.2) is 0 Å². The lowest BCUT2D eigenvalue weighted by atomic mass is 9.98. The van der Waals surface area contributed by atoms with Crippen molar-refractivity contribution in [3.63, 3.8) is 0 Å². The Morgan fingerprint density at radius 1 is 1.43 bits per heavy atom. The fourth-order valence-corrected chi connectivity index (χ4v) is 1.77. The zero-order valence-corrected chi connectivity index (χ0v) is 9.64. The summed E-state index contributed by atoms with van der Waals surface area (Å²) in [6, 6.07) is 8.13. The van der Waals surface area contributed by atoms with E-state index in [0.717, 1.165) is 18.0 Å². The monoisotopic (exact) mass is 211 g/mol. The van der Waals surface area contributed by atoms with Gasteiger partial charge in [0.1, 0.15) is 0 Å². The minimum absolute atomic E-state index is 0.709. The number of rotatable bonds is 5. The fraction of sp³-hybridized carbons (Fsp3) is 0.500. The number of benzene rings is 1. The number of hydrogen-bond donors (Lipinski definition) is 1. The summed E-state index contributed by atoms with van der Waals surface area (Å²) >= 11 is 5.92. The smallest absolute Gasteiger partial charge is 0.0408 e. The molecule has 0 saturated carbocycles. The number of nitrogens with one attached hydrogen (secondary N) is 1. The minimum atomic E-state index is 0.709. The number of halogens is 1. The average molecular weight is 212 g/mol. The van der Waals surface area contributed by atoms with E-state index in [-0.39, 0.29) is 0 Å². The van der Waals surface area contributed by atoms with Gasteiger partial charge in [-0.1, -0.05) is 30.7 Å². The van der Waals surface area contributed by atoms with Crippen LogP contribution in [0, 0.1) is 5.92 Å². The van der Waals surface area contributed by atoms with Crippen LogP contribution >= 0.6 is 11.6 Å². The van der Waals surface area contributed by atoms with Crippen molar-refractivity contribution < 1.29 is 0 Å². The molecule has 0 radical (unpaired) electrons. The van der Waals surface area contributed by atoms with Gasteiger partial charge in [0, 0.05) is 5.02 Å². The van der Waals surface area contributed by atoms with E-state index in [1.807, 2.05) is 19.2 Å². The van der Waals surface area contributed by atoms with Crippen LogP contribution in [0.1, 0.15) is 18.9 Å². The molecule has 0 amide bonds. The Morgan fingerprint density at radius 3 is 2.86 bits per heavy atom. The largest absolute Gasteiger partial charge is 0.320 e. The van der Waals surface area contributed by atoms with Crippen LogP contribution in [0.3, 0.4) is 0 Å². The molecule has 14 heavy (non-hydrogen) atoms. The Labute approximate surface area is 91.5 Å². The van der Waals surface area contributed by atoms with E-state index in [2.05, 4.69) is 24.4 Å². The molecule has 1 rings (SSSR count). The highest BCUT2D eigenvalue weighted by Gasteiger charge is 2.03. The van der Waals surface area contributed by atoms with Gasteiger partial charge in [-0.2, -0.15) is 0 Å². The van der Waals surface area contributed by atoms with Crippen molar-refractivity contribution in [3.8, 4) is 0 Å². The van der Waals surface area contributed by atoms with E-state index in [0.29, 0.717) is 5.92 Å². The molecule has 0 aliphatic rings. The molecular formula is C12H18ClN. The SMILES string of the molecule is CNCCC(C)Cc1cccc(Cl)c1. The second kappa shape index (κ2) is 6.05. The molecule has 1 N–H and O–H groups in total. The Balaban J connectivity index is 2.43. The topological polar surface area (TPSA) is 12.0 Å². The third-order valence-corrected chi connectivity index (χ3v) is 2.60. The highest BCUT2D eigenvalue weighted by molar-refractivity contribution is 6.30. The van der Waals surface area contributed by atoms with E-state index >= 15 is 0 Å². The fourth-order valence-electron chi connectivity index (χ4n) is 1.56. The third kappa shape index (κ3) is 4.12. The standard InChI is InChI=1S/C12H18ClN/c1-10(6-7-14-2)8-11-4-3-5-12(13)9-11/h3-5,9-10,14H,6-8H2,1-2H3. The average Bonchev–Trinajstić information content (AvgIpc) is 2.15. The molecule has 0 heterocycles. The lowest BCUT2D eigenvalue weighted by Gasteiger charge is -2.10. The van der Waals surface area contributed by atoms with Gasteiger partial charge in [-0.15, -0.1) is 0 Å². The van der Waals surface area contributed by atoms with Crippen LogP contribution in [0.5, 0.6) is 0 Å². The summed E-state index contributed by atoms with van der Waals surface area (Å²) < 4.78 is 0. The van der Waals surface area contributed by atoms with Gasteiger partial charge in [0.05, 0.1) is 0 Å². The molecule has 0 fully saturated rings. The summed E-state index contributed by atoms with van der Waals surface area (Å²) in [5.41, 5.74) is 1.33. The summed E-state index contributed by atoms with van der Waals surface area (Å²) in [6.07, 6.45) is 2.32. The second-order valence-electron chi connectivity index (χ2n) is 3.83. The molecule has 0 saturated heterocycles. The second-order valence-corrected chi connectivity index (χ2v) is 4.27. The maximum absolute atomic E-state index is 5.92. The van der Waals surface area contributed by atoms with Crippen molar-refractivity contribution in [2.75, 3.05) is 13.6 Å². The normalized spacial score (nSPS) is 12.8. The van der Waals surface area contributed by atoms with E-state index in [4.69, 9.17) is 11.6 Å². The molecule has 1 aromatic carbocycles. The highest BCUT2D eigenvalue weighted by Crippen LogP contribution is 2.15. The van der Waals surface area contributed by atoms with Crippen molar-refractivity contribution >= 4 is 11.6 Å². The van der Waals surface area contributed by atoms with Crippen molar-refractivity contribution in [3.05, 3.63) is 34.9 Å². The van der Waals surface area contributed by atoms with Crippen molar-refractivity contribution in [1.29, 1.82) is 0 Å². The maximum Gasteiger partial charge on any atom is 0.0408 e. The summed E-state index contributed by atoms with van der Waals surface area (Å²) in [7, 11) is 1.99. The zero-order chi connectivity index (χ0) is 10.4. The van der Waals surface area contributed by atoms with Crippen LogP contribution in [0.4, 0.5) is 0 Å². The molecular weight excluding hydrogens is 194 g/mol. The molecule has 1 unspecified atom stereocenters. The highest BCUT2D eigenvalue weighted by atomic mass is 35.5. The molecule has 2 heteroatoms. The molecule has 0 aromatic heterocycles. The van der Waals surface area contributed by atoms with E-state index < -0.39 is 0 Å². The first kappa shape index (κ1) is 11.5. The van der Waals surface area contributed by atoms with E-state index in [1.54, 1.807) is 0 Å². The minimum Gasteiger partial charge on any atom is -0.320 e. The van der Waals surface area contributed by atoms with Gasteiger partial charge < -0.3 is 5.32 Å². The third-order valence-electron chi connectivity index (χ3n) is 2.36. The van der Waals surface area contributed by atoms with E-state index in [1.165, 1.54) is 12.0 Å². The zero-order valence-electron chi connectivity index (χ0n) is 8.89. The molecule has 0 aliphatic heterocycles. The van der Waals surface area contributed by atoms with Crippen LogP contribution in [0.25, 0.3) is 0 Å². The van der Waals surface area contributed by atoms with Crippen LogP contribution < -0.4 is 5.32 Å². The summed E-state index contributed by atoms with van der Waals surface area (Å²) in [5, 5.41) is 4.01. The molecule has 1 nitrogen and oxygen atoms in total. The van der Waals surface area contributed by atoms with Gasteiger partial charge in [0.25, 0.3) is 0 Å². The predicted molar refractivity (Wildman–Crippen MR) is 62.9 cm³/mol. The molecule has 0 spiro atoms. The quantitative estimate of drug-likeness (QED) is 0.789. The Bertz CT molecular complexity index is 273. The Hall–Kier alpha value is -0.530. The van der Waals surface area contributed by atoms with Gasteiger partial charge in [0.15, 0.2) is 0 Å². The lowest BCUT2D eigenvalue weighted by Crippen LogP contribution is -2.12. The Kier molecular flexibility index (Phi) is 4.99. The van der Waals surface area contributed by atoms with Crippen molar-refractivity contribution in [1.82, 2.24) is 5.32 Å². The molecule has 0 aliphatic carbocycles. The van der Waals surface area contributed by atoms with E-state index in [9.17, 15) is 0 Å². The first-order valence-corrected chi connectivity index (χ1v) is 5.49. The summed E-state index contributed by atoms with van der Waals surface area (Å²) in [4.78, 5) is 0. The van der Waals surface area contributed by atoms with Gasteiger partial charge >= 0.3 is 0 Å². The van der Waals surface area contributed by atoms with Gasteiger partial charge in [-0.05, 0) is 50.0 Å². The van der Waals surface area contributed by atoms with Gasteiger partial charge in [-0.3, -0.25) is 0 Å². The maximum atomic E-state index is 5.92. The molecule has 1 aromatic rings. The summed E-state index contributed by atoms with van der Waals surface area (Å²) in [6.45, 7) is 3.36. The molecule has 1 atom stereocenters. The molecule has 0 bridgehead atoms. The first-order chi connectivity index (χ1) is 6.72. The van der Waals surface area contributed by atoms with Gasteiger partial charge in [0.2, 0.25) is 0 Å². The van der Waals surface area contributed by atoms with Crippen LogP contribution in [0.15, 0.2) is 24.3 Å². The van der Waals surface area contributed by atoms with Crippen molar-refractivity contribution in [2.45, 2.75) is 19.8 Å². The Morgan fingerprint density at radius 2 is 2.21 bits per heavy atom. The first-order valence-electron chi connectivity index (χ1n) is 5.11. The van der Waals surface area contributed by atoms with Crippen LogP contribution in [-0.4, -0.2) is 13.6 Å². The van der Waals surface area contributed by atoms with Crippen molar-refractivity contribution in [2.24, 2.45) is 5.92 Å². The summed E-state index contributed by atoms with van der Waals surface area (Å²) in [5.74, 6) is 0.709. The lowest BCUT2D eigenvalue weighted by molar-refractivity contribution is 0.515. The number of hydrogen-bond acceptors (Lipinski definition) is 1. The van der Waals surface area contributed by atoms with Crippen LogP contribution in [0.2, 0.25) is 5.02 Å². The predicted octanol–water partition coefficient (Wildman–Crippen LogP) is 3.13. The molecule has 78 valence electrons.